The molecule has 1 heterocycles. The molecule has 0 radical (unpaired) electrons. The molecule has 0 saturated heterocycles. The highest BCUT2D eigenvalue weighted by atomic mass is 19.1. The molecular formula is C14H18FN3. The van der Waals surface area contributed by atoms with Crippen molar-refractivity contribution in [1.82, 2.24) is 15.1 Å². The van der Waals surface area contributed by atoms with Crippen LogP contribution in [-0.2, 0) is 13.1 Å². The van der Waals surface area contributed by atoms with E-state index in [1.165, 1.54) is 6.07 Å². The zero-order valence-electron chi connectivity index (χ0n) is 10.7. The fourth-order valence-electron chi connectivity index (χ4n) is 1.70. The highest BCUT2D eigenvalue weighted by Gasteiger charge is 2.04. The summed E-state index contributed by atoms with van der Waals surface area (Å²) in [6, 6.07) is 9.17. The molecule has 0 aliphatic carbocycles. The highest BCUT2D eigenvalue weighted by Crippen LogP contribution is 2.08. The monoisotopic (exact) mass is 247 g/mol. The van der Waals surface area contributed by atoms with E-state index in [1.807, 2.05) is 18.3 Å². The lowest BCUT2D eigenvalue weighted by Crippen LogP contribution is -2.22. The van der Waals surface area contributed by atoms with Crippen molar-refractivity contribution in [3.05, 3.63) is 53.6 Å². The molecule has 0 saturated carbocycles. The molecule has 0 aliphatic heterocycles. The lowest BCUT2D eigenvalue weighted by Gasteiger charge is -2.05. The molecule has 1 aromatic heterocycles. The first-order valence-electron chi connectivity index (χ1n) is 6.14. The molecule has 2 aromatic rings. The van der Waals surface area contributed by atoms with Crippen LogP contribution in [0.5, 0.6) is 0 Å². The average Bonchev–Trinajstić information content (AvgIpc) is 2.77. The van der Waals surface area contributed by atoms with Gasteiger partial charge in [-0.05, 0) is 12.1 Å². The molecule has 0 amide bonds. The van der Waals surface area contributed by atoms with Crippen LogP contribution in [0.25, 0.3) is 0 Å². The van der Waals surface area contributed by atoms with E-state index >= 15 is 0 Å². The second-order valence-corrected chi connectivity index (χ2v) is 4.63. The molecule has 2 rings (SSSR count). The number of hydrogen-bond acceptors (Lipinski definition) is 2. The first-order chi connectivity index (χ1) is 8.65. The molecule has 1 N–H and O–H groups in total. The van der Waals surface area contributed by atoms with Gasteiger partial charge in [0, 0.05) is 24.3 Å². The van der Waals surface area contributed by atoms with Gasteiger partial charge < -0.3 is 5.32 Å². The lowest BCUT2D eigenvalue weighted by molar-refractivity contribution is 0.561. The van der Waals surface area contributed by atoms with Crippen molar-refractivity contribution in [2.75, 3.05) is 0 Å². The zero-order valence-corrected chi connectivity index (χ0v) is 10.7. The van der Waals surface area contributed by atoms with Gasteiger partial charge >= 0.3 is 0 Å². The Bertz CT molecular complexity index is 505. The average molecular weight is 247 g/mol. The van der Waals surface area contributed by atoms with Crippen LogP contribution in [0, 0.1) is 5.82 Å². The third-order valence-corrected chi connectivity index (χ3v) is 2.68. The topological polar surface area (TPSA) is 29.9 Å². The summed E-state index contributed by atoms with van der Waals surface area (Å²) in [6.07, 6.45) is 1.88. The second kappa shape index (κ2) is 5.78. The number of hydrogen-bond donors (Lipinski definition) is 1. The number of halogens is 1. The third-order valence-electron chi connectivity index (χ3n) is 2.68. The maximum atomic E-state index is 13.5. The van der Waals surface area contributed by atoms with Crippen LogP contribution in [-0.4, -0.2) is 15.8 Å². The van der Waals surface area contributed by atoms with Crippen LogP contribution < -0.4 is 5.32 Å². The summed E-state index contributed by atoms with van der Waals surface area (Å²) < 4.78 is 15.2. The standard InChI is InChI=1S/C14H18FN3/c1-11(2)16-9-13-7-8-18(17-13)10-12-5-3-4-6-14(12)15/h3-8,11,16H,9-10H2,1-2H3. The van der Waals surface area contributed by atoms with E-state index in [9.17, 15) is 4.39 Å². The summed E-state index contributed by atoms with van der Waals surface area (Å²) in [7, 11) is 0. The number of nitrogens with one attached hydrogen (secondary N) is 1. The van der Waals surface area contributed by atoms with Gasteiger partial charge in [0.15, 0.2) is 0 Å². The van der Waals surface area contributed by atoms with E-state index in [4.69, 9.17) is 0 Å². The normalized spacial score (nSPS) is 11.1. The molecule has 3 nitrogen and oxygen atoms in total. The molecular weight excluding hydrogens is 229 g/mol. The van der Waals surface area contributed by atoms with E-state index in [2.05, 4.69) is 24.3 Å². The van der Waals surface area contributed by atoms with Crippen molar-refractivity contribution < 1.29 is 4.39 Å². The molecule has 96 valence electrons. The predicted molar refractivity (Wildman–Crippen MR) is 69.7 cm³/mol. The SMILES string of the molecule is CC(C)NCc1ccn(Cc2ccccc2F)n1. The summed E-state index contributed by atoms with van der Waals surface area (Å²) >= 11 is 0. The van der Waals surface area contributed by atoms with Crippen molar-refractivity contribution in [1.29, 1.82) is 0 Å². The van der Waals surface area contributed by atoms with Crippen molar-refractivity contribution in [2.24, 2.45) is 0 Å². The van der Waals surface area contributed by atoms with Crippen molar-refractivity contribution in [2.45, 2.75) is 33.0 Å². The quantitative estimate of drug-likeness (QED) is 0.880. The van der Waals surface area contributed by atoms with Crippen LogP contribution in [0.3, 0.4) is 0 Å². The largest absolute Gasteiger partial charge is 0.309 e. The first-order valence-corrected chi connectivity index (χ1v) is 6.14. The molecule has 0 spiro atoms. The summed E-state index contributed by atoms with van der Waals surface area (Å²) in [5.41, 5.74) is 1.63. The summed E-state index contributed by atoms with van der Waals surface area (Å²) in [4.78, 5) is 0. The van der Waals surface area contributed by atoms with Gasteiger partial charge in [0.2, 0.25) is 0 Å². The van der Waals surface area contributed by atoms with Gasteiger partial charge in [-0.2, -0.15) is 5.10 Å². The minimum Gasteiger partial charge on any atom is -0.309 e. The second-order valence-electron chi connectivity index (χ2n) is 4.63. The molecule has 18 heavy (non-hydrogen) atoms. The van der Waals surface area contributed by atoms with Crippen LogP contribution in [0.1, 0.15) is 25.1 Å². The fraction of sp³-hybridized carbons (Fsp3) is 0.357. The Morgan fingerprint density at radius 2 is 2.06 bits per heavy atom. The minimum atomic E-state index is -0.185. The molecule has 0 aliphatic rings. The van der Waals surface area contributed by atoms with Gasteiger partial charge in [0.05, 0.1) is 12.2 Å². The van der Waals surface area contributed by atoms with Gasteiger partial charge in [-0.15, -0.1) is 0 Å². The van der Waals surface area contributed by atoms with E-state index in [-0.39, 0.29) is 5.82 Å². The maximum Gasteiger partial charge on any atom is 0.128 e. The highest BCUT2D eigenvalue weighted by molar-refractivity contribution is 5.17. The van der Waals surface area contributed by atoms with Crippen LogP contribution in [0.4, 0.5) is 4.39 Å². The first kappa shape index (κ1) is 12.8. The molecule has 0 atom stereocenters. The Morgan fingerprint density at radius 1 is 1.28 bits per heavy atom. The Morgan fingerprint density at radius 3 is 2.78 bits per heavy atom. The summed E-state index contributed by atoms with van der Waals surface area (Å²) in [5.74, 6) is -0.185. The van der Waals surface area contributed by atoms with E-state index in [1.54, 1.807) is 16.8 Å². The van der Waals surface area contributed by atoms with Crippen molar-refractivity contribution in [3.63, 3.8) is 0 Å². The number of rotatable bonds is 5. The Hall–Kier alpha value is -1.68. The number of aromatic nitrogens is 2. The molecule has 1 aromatic carbocycles. The third kappa shape index (κ3) is 3.40. The van der Waals surface area contributed by atoms with Gasteiger partial charge in [-0.3, -0.25) is 4.68 Å². The predicted octanol–water partition coefficient (Wildman–Crippen LogP) is 2.57. The van der Waals surface area contributed by atoms with Crippen molar-refractivity contribution >= 4 is 0 Å². The van der Waals surface area contributed by atoms with Gasteiger partial charge in [0.1, 0.15) is 5.82 Å². The fourth-order valence-corrected chi connectivity index (χ4v) is 1.70. The van der Waals surface area contributed by atoms with Gasteiger partial charge in [0.25, 0.3) is 0 Å². The smallest absolute Gasteiger partial charge is 0.128 e. The Kier molecular flexibility index (Phi) is 4.10. The number of nitrogens with zero attached hydrogens (tertiary/aromatic N) is 2. The van der Waals surface area contributed by atoms with Crippen LogP contribution in [0.15, 0.2) is 36.5 Å². The van der Waals surface area contributed by atoms with Gasteiger partial charge in [-0.25, -0.2) is 4.39 Å². The molecule has 4 heteroatoms. The molecule has 0 bridgehead atoms. The molecule has 0 unspecified atom stereocenters. The van der Waals surface area contributed by atoms with E-state index in [0.717, 1.165) is 12.2 Å². The van der Waals surface area contributed by atoms with Gasteiger partial charge in [-0.1, -0.05) is 32.0 Å². The van der Waals surface area contributed by atoms with Crippen LogP contribution >= 0.6 is 0 Å². The molecule has 0 fully saturated rings. The Labute approximate surface area is 107 Å². The summed E-state index contributed by atoms with van der Waals surface area (Å²) in [6.45, 7) is 5.39. The van der Waals surface area contributed by atoms with E-state index < -0.39 is 0 Å². The minimum absolute atomic E-state index is 0.185. The Balaban J connectivity index is 2.00. The zero-order chi connectivity index (χ0) is 13.0. The van der Waals surface area contributed by atoms with E-state index in [0.29, 0.717) is 18.2 Å². The lowest BCUT2D eigenvalue weighted by atomic mass is 10.2. The maximum absolute atomic E-state index is 13.5. The van der Waals surface area contributed by atoms with Crippen LogP contribution in [0.2, 0.25) is 0 Å². The number of benzene rings is 1. The summed E-state index contributed by atoms with van der Waals surface area (Å²) in [5, 5.41) is 7.71. The van der Waals surface area contributed by atoms with Crippen molar-refractivity contribution in [3.8, 4) is 0 Å².